The molecule has 2 aromatic rings. The highest BCUT2D eigenvalue weighted by molar-refractivity contribution is 5.36. The van der Waals surface area contributed by atoms with Gasteiger partial charge in [0.15, 0.2) is 0 Å². The molecule has 0 amide bonds. The van der Waals surface area contributed by atoms with Gasteiger partial charge in [-0.25, -0.2) is 0 Å². The molecule has 0 saturated carbocycles. The fraction of sp³-hybridized carbons (Fsp3) is 0.429. The van der Waals surface area contributed by atoms with Gasteiger partial charge in [-0.2, -0.15) is 0 Å². The molecule has 1 heterocycles. The molecular weight excluding hydrogens is 312 g/mol. The zero-order chi connectivity index (χ0) is 17.3. The fourth-order valence-corrected chi connectivity index (χ4v) is 3.06. The third-order valence-electron chi connectivity index (χ3n) is 4.58. The Morgan fingerprint density at radius 3 is 2.24 bits per heavy atom. The molecule has 1 aliphatic rings. The Morgan fingerprint density at radius 2 is 1.48 bits per heavy atom. The molecule has 0 aliphatic carbocycles. The smallest absolute Gasteiger partial charge is 0.131 e. The van der Waals surface area contributed by atoms with Gasteiger partial charge in [0.1, 0.15) is 17.2 Å². The van der Waals surface area contributed by atoms with Crippen LogP contribution < -0.4 is 9.47 Å². The number of para-hydroxylation sites is 1. The zero-order valence-electron chi connectivity index (χ0n) is 15.1. The SMILES string of the molecule is CCN1CCN(CCCOc2cccc(Oc3ccccc3)c2)CC1. The zero-order valence-corrected chi connectivity index (χ0v) is 15.1. The van der Waals surface area contributed by atoms with Crippen molar-refractivity contribution in [3.63, 3.8) is 0 Å². The van der Waals surface area contributed by atoms with Gasteiger partial charge in [-0.1, -0.05) is 31.2 Å². The Morgan fingerprint density at radius 1 is 0.800 bits per heavy atom. The molecule has 0 N–H and O–H groups in total. The Hall–Kier alpha value is -2.04. The minimum Gasteiger partial charge on any atom is -0.493 e. The minimum absolute atomic E-state index is 0.739. The molecule has 0 atom stereocenters. The molecule has 25 heavy (non-hydrogen) atoms. The van der Waals surface area contributed by atoms with Crippen molar-refractivity contribution in [2.75, 3.05) is 45.9 Å². The maximum Gasteiger partial charge on any atom is 0.131 e. The number of likely N-dealkylation sites (N-methyl/N-ethyl adjacent to an activating group) is 1. The molecule has 1 fully saturated rings. The van der Waals surface area contributed by atoms with Crippen LogP contribution in [0, 0.1) is 0 Å². The summed E-state index contributed by atoms with van der Waals surface area (Å²) in [5.74, 6) is 2.51. The molecule has 1 saturated heterocycles. The molecule has 0 spiro atoms. The Balaban J connectivity index is 1.39. The van der Waals surface area contributed by atoms with Gasteiger partial charge < -0.3 is 19.3 Å². The summed E-state index contributed by atoms with van der Waals surface area (Å²) in [6.07, 6.45) is 1.05. The number of hydrogen-bond donors (Lipinski definition) is 0. The van der Waals surface area contributed by atoms with Crippen LogP contribution in [0.5, 0.6) is 17.2 Å². The maximum atomic E-state index is 5.90. The Labute approximate surface area is 151 Å². The van der Waals surface area contributed by atoms with Crippen molar-refractivity contribution in [2.45, 2.75) is 13.3 Å². The number of piperazine rings is 1. The van der Waals surface area contributed by atoms with Crippen molar-refractivity contribution in [2.24, 2.45) is 0 Å². The van der Waals surface area contributed by atoms with Crippen LogP contribution in [0.15, 0.2) is 54.6 Å². The lowest BCUT2D eigenvalue weighted by Crippen LogP contribution is -2.46. The number of ether oxygens (including phenoxy) is 2. The molecule has 2 aromatic carbocycles. The van der Waals surface area contributed by atoms with Crippen LogP contribution in [0.2, 0.25) is 0 Å². The van der Waals surface area contributed by atoms with Crippen LogP contribution in [0.1, 0.15) is 13.3 Å². The summed E-state index contributed by atoms with van der Waals surface area (Å²) < 4.78 is 11.7. The van der Waals surface area contributed by atoms with Gasteiger partial charge in [-0.3, -0.25) is 0 Å². The minimum atomic E-state index is 0.739. The van der Waals surface area contributed by atoms with E-state index in [-0.39, 0.29) is 0 Å². The molecule has 0 unspecified atom stereocenters. The lowest BCUT2D eigenvalue weighted by atomic mass is 10.3. The maximum absolute atomic E-state index is 5.90. The summed E-state index contributed by atoms with van der Waals surface area (Å²) in [7, 11) is 0. The first-order valence-corrected chi connectivity index (χ1v) is 9.24. The molecule has 0 bridgehead atoms. The van der Waals surface area contributed by atoms with E-state index in [0.717, 1.165) is 36.8 Å². The average Bonchev–Trinajstić information content (AvgIpc) is 2.67. The lowest BCUT2D eigenvalue weighted by molar-refractivity contribution is 0.130. The Bertz CT molecular complexity index is 625. The monoisotopic (exact) mass is 340 g/mol. The van der Waals surface area contributed by atoms with Crippen LogP contribution >= 0.6 is 0 Å². The first-order chi connectivity index (χ1) is 12.3. The lowest BCUT2D eigenvalue weighted by Gasteiger charge is -2.33. The third kappa shape index (κ3) is 5.76. The van der Waals surface area contributed by atoms with Crippen molar-refractivity contribution in [1.82, 2.24) is 9.80 Å². The van der Waals surface area contributed by atoms with E-state index in [2.05, 4.69) is 16.7 Å². The van der Waals surface area contributed by atoms with Crippen LogP contribution in [0.25, 0.3) is 0 Å². The van der Waals surface area contributed by atoms with Gasteiger partial charge in [0.2, 0.25) is 0 Å². The van der Waals surface area contributed by atoms with Gasteiger partial charge in [0.05, 0.1) is 6.61 Å². The molecule has 1 aliphatic heterocycles. The summed E-state index contributed by atoms with van der Waals surface area (Å²) in [5, 5.41) is 0. The molecular formula is C21H28N2O2. The van der Waals surface area contributed by atoms with Crippen LogP contribution in [-0.2, 0) is 0 Å². The molecule has 3 rings (SSSR count). The second kappa shape index (κ2) is 9.44. The van der Waals surface area contributed by atoms with E-state index in [9.17, 15) is 0 Å². The van der Waals surface area contributed by atoms with Crippen molar-refractivity contribution in [3.8, 4) is 17.2 Å². The fourth-order valence-electron chi connectivity index (χ4n) is 3.06. The van der Waals surface area contributed by atoms with Gasteiger partial charge in [-0.05, 0) is 37.2 Å². The van der Waals surface area contributed by atoms with E-state index in [1.165, 1.54) is 32.7 Å². The van der Waals surface area contributed by atoms with Crippen molar-refractivity contribution in [1.29, 1.82) is 0 Å². The summed E-state index contributed by atoms with van der Waals surface area (Å²) in [6, 6.07) is 17.7. The van der Waals surface area contributed by atoms with Crippen molar-refractivity contribution < 1.29 is 9.47 Å². The molecule has 4 nitrogen and oxygen atoms in total. The molecule has 4 heteroatoms. The number of nitrogens with zero attached hydrogens (tertiary/aromatic N) is 2. The van der Waals surface area contributed by atoms with Gasteiger partial charge in [0.25, 0.3) is 0 Å². The van der Waals surface area contributed by atoms with E-state index in [1.807, 2.05) is 54.6 Å². The highest BCUT2D eigenvalue weighted by Crippen LogP contribution is 2.25. The summed E-state index contributed by atoms with van der Waals surface area (Å²) in [5.41, 5.74) is 0. The topological polar surface area (TPSA) is 24.9 Å². The van der Waals surface area contributed by atoms with Gasteiger partial charge in [-0.15, -0.1) is 0 Å². The second-order valence-corrected chi connectivity index (χ2v) is 6.37. The normalized spacial score (nSPS) is 15.9. The quantitative estimate of drug-likeness (QED) is 0.681. The Kier molecular flexibility index (Phi) is 6.71. The summed E-state index contributed by atoms with van der Waals surface area (Å²) >= 11 is 0. The van der Waals surface area contributed by atoms with Crippen LogP contribution in [0.3, 0.4) is 0 Å². The average molecular weight is 340 g/mol. The largest absolute Gasteiger partial charge is 0.493 e. The molecule has 0 radical (unpaired) electrons. The third-order valence-corrected chi connectivity index (χ3v) is 4.58. The van der Waals surface area contributed by atoms with E-state index in [1.54, 1.807) is 0 Å². The van der Waals surface area contributed by atoms with Gasteiger partial charge in [0, 0.05) is 38.8 Å². The highest BCUT2D eigenvalue weighted by atomic mass is 16.5. The van der Waals surface area contributed by atoms with Crippen molar-refractivity contribution in [3.05, 3.63) is 54.6 Å². The van der Waals surface area contributed by atoms with Gasteiger partial charge >= 0.3 is 0 Å². The standard InChI is InChI=1S/C21H28N2O2/c1-2-22-13-15-23(16-14-22)12-7-17-24-20-10-6-11-21(18-20)25-19-8-4-3-5-9-19/h3-6,8-11,18H,2,7,12-17H2,1H3. The van der Waals surface area contributed by atoms with E-state index in [4.69, 9.17) is 9.47 Å². The van der Waals surface area contributed by atoms with Crippen LogP contribution in [0.4, 0.5) is 0 Å². The molecule has 0 aromatic heterocycles. The van der Waals surface area contributed by atoms with E-state index < -0.39 is 0 Å². The number of hydrogen-bond acceptors (Lipinski definition) is 4. The number of benzene rings is 2. The first-order valence-electron chi connectivity index (χ1n) is 9.24. The van der Waals surface area contributed by atoms with Crippen molar-refractivity contribution >= 4 is 0 Å². The predicted octanol–water partition coefficient (Wildman–Crippen LogP) is 3.89. The van der Waals surface area contributed by atoms with E-state index in [0.29, 0.717) is 0 Å². The summed E-state index contributed by atoms with van der Waals surface area (Å²) in [6.45, 7) is 9.98. The van der Waals surface area contributed by atoms with Crippen LogP contribution in [-0.4, -0.2) is 55.7 Å². The number of rotatable bonds is 8. The summed E-state index contributed by atoms with van der Waals surface area (Å²) in [4.78, 5) is 5.04. The molecule has 134 valence electrons. The first kappa shape index (κ1) is 17.8. The second-order valence-electron chi connectivity index (χ2n) is 6.37. The highest BCUT2D eigenvalue weighted by Gasteiger charge is 2.14. The predicted molar refractivity (Wildman–Crippen MR) is 102 cm³/mol. The van der Waals surface area contributed by atoms with E-state index >= 15 is 0 Å².